The van der Waals surface area contributed by atoms with Gasteiger partial charge in [-0.1, -0.05) is 12.1 Å². The van der Waals surface area contributed by atoms with Crippen LogP contribution < -0.4 is 20.3 Å². The van der Waals surface area contributed by atoms with E-state index in [1.807, 2.05) is 39.0 Å². The number of methoxy groups -OCH3 is 1. The number of likely N-dealkylation sites (N-methyl/N-ethyl adjacent to an activating group) is 1. The molecular formula is C21H36IN5O3. The van der Waals surface area contributed by atoms with Crippen molar-refractivity contribution < 1.29 is 14.3 Å². The topological polar surface area (TPSA) is 78.4 Å². The van der Waals surface area contributed by atoms with Crippen molar-refractivity contribution in [3.63, 3.8) is 0 Å². The Morgan fingerprint density at radius 2 is 2.03 bits per heavy atom. The summed E-state index contributed by atoms with van der Waals surface area (Å²) in [5.74, 6) is 1.62. The molecule has 1 saturated heterocycles. The third-order valence-electron chi connectivity index (χ3n) is 4.62. The Balaban J connectivity index is 0.00000450. The number of nitrogens with one attached hydrogen (secondary N) is 2. The van der Waals surface area contributed by atoms with Crippen molar-refractivity contribution in [3.05, 3.63) is 24.3 Å². The van der Waals surface area contributed by atoms with Gasteiger partial charge >= 0.3 is 6.09 Å². The number of ether oxygens (including phenoxy) is 2. The molecule has 8 nitrogen and oxygen atoms in total. The third-order valence-corrected chi connectivity index (χ3v) is 4.62. The summed E-state index contributed by atoms with van der Waals surface area (Å²) in [5.41, 5.74) is 0.618. The number of rotatable bonds is 6. The predicted molar refractivity (Wildman–Crippen MR) is 132 cm³/mol. The van der Waals surface area contributed by atoms with E-state index < -0.39 is 5.60 Å². The molecule has 1 fully saturated rings. The van der Waals surface area contributed by atoms with E-state index in [4.69, 9.17) is 9.47 Å². The standard InChI is InChI=1S/C21H35N5O3.HI/c1-21(2,3)29-20(27)25(5)14-12-23-19(22-4)24-16-11-13-26(15-16)17-9-7-8-10-18(17)28-6;/h7-10,16H,11-15H2,1-6H3,(H2,22,23,24);1H. The molecule has 1 aliphatic rings. The summed E-state index contributed by atoms with van der Waals surface area (Å²) < 4.78 is 10.8. The van der Waals surface area contributed by atoms with Crippen molar-refractivity contribution in [2.24, 2.45) is 4.99 Å². The quantitative estimate of drug-likeness (QED) is 0.333. The van der Waals surface area contributed by atoms with Gasteiger partial charge in [0.2, 0.25) is 0 Å². The number of amides is 1. The van der Waals surface area contributed by atoms with E-state index >= 15 is 0 Å². The second kappa shape index (κ2) is 12.1. The molecule has 170 valence electrons. The van der Waals surface area contributed by atoms with Crippen LogP contribution in [0.2, 0.25) is 0 Å². The summed E-state index contributed by atoms with van der Waals surface area (Å²) in [6, 6.07) is 8.36. The first-order valence-electron chi connectivity index (χ1n) is 10.0. The highest BCUT2D eigenvalue weighted by Crippen LogP contribution is 2.30. The second-order valence-electron chi connectivity index (χ2n) is 8.15. The van der Waals surface area contributed by atoms with Gasteiger partial charge < -0.3 is 29.9 Å². The number of carbonyl (C=O) groups is 1. The highest BCUT2D eigenvalue weighted by atomic mass is 127. The van der Waals surface area contributed by atoms with Crippen LogP contribution in [0, 0.1) is 0 Å². The molecule has 2 N–H and O–H groups in total. The van der Waals surface area contributed by atoms with Crippen LogP contribution in [0.25, 0.3) is 0 Å². The molecule has 0 radical (unpaired) electrons. The summed E-state index contributed by atoms with van der Waals surface area (Å²) in [5, 5.41) is 6.73. The SMILES string of the molecule is CN=C(NCCN(C)C(=O)OC(C)(C)C)NC1CCN(c2ccccc2OC)C1.I. The maximum absolute atomic E-state index is 12.0. The normalized spacial score (nSPS) is 16.5. The van der Waals surface area contributed by atoms with Gasteiger partial charge in [-0.2, -0.15) is 0 Å². The van der Waals surface area contributed by atoms with Gasteiger partial charge in [0, 0.05) is 46.3 Å². The number of hydrogen-bond donors (Lipinski definition) is 2. The number of para-hydroxylation sites is 2. The summed E-state index contributed by atoms with van der Waals surface area (Å²) in [4.78, 5) is 20.2. The monoisotopic (exact) mass is 533 g/mol. The van der Waals surface area contributed by atoms with Gasteiger partial charge in [-0.05, 0) is 39.3 Å². The number of carbonyl (C=O) groups excluding carboxylic acids is 1. The third kappa shape index (κ3) is 8.08. The van der Waals surface area contributed by atoms with Crippen molar-refractivity contribution in [1.82, 2.24) is 15.5 Å². The van der Waals surface area contributed by atoms with Gasteiger partial charge in [-0.15, -0.1) is 24.0 Å². The minimum absolute atomic E-state index is 0. The molecule has 1 aromatic rings. The zero-order chi connectivity index (χ0) is 21.4. The molecule has 2 rings (SSSR count). The Labute approximate surface area is 197 Å². The van der Waals surface area contributed by atoms with Crippen molar-refractivity contribution in [1.29, 1.82) is 0 Å². The van der Waals surface area contributed by atoms with Crippen molar-refractivity contribution in [3.8, 4) is 5.75 Å². The lowest BCUT2D eigenvalue weighted by Gasteiger charge is -2.25. The van der Waals surface area contributed by atoms with Crippen LogP contribution in [-0.4, -0.2) is 76.0 Å². The fourth-order valence-electron chi connectivity index (χ4n) is 3.15. The molecule has 1 unspecified atom stereocenters. The van der Waals surface area contributed by atoms with Gasteiger partial charge in [0.15, 0.2) is 5.96 Å². The van der Waals surface area contributed by atoms with Gasteiger partial charge in [0.1, 0.15) is 11.4 Å². The molecule has 1 aliphatic heterocycles. The number of hydrogen-bond acceptors (Lipinski definition) is 5. The summed E-state index contributed by atoms with van der Waals surface area (Å²) in [7, 11) is 5.18. The van der Waals surface area contributed by atoms with Crippen LogP contribution in [0.15, 0.2) is 29.3 Å². The molecule has 0 spiro atoms. The minimum Gasteiger partial charge on any atom is -0.495 e. The number of aliphatic imine (C=N–C) groups is 1. The molecule has 0 aromatic heterocycles. The fraction of sp³-hybridized carbons (Fsp3) is 0.619. The number of guanidine groups is 1. The molecule has 9 heteroatoms. The van der Waals surface area contributed by atoms with Gasteiger partial charge in [0.05, 0.1) is 12.8 Å². The highest BCUT2D eigenvalue weighted by molar-refractivity contribution is 14.0. The molecule has 0 aliphatic carbocycles. The van der Waals surface area contributed by atoms with Crippen molar-refractivity contribution >= 4 is 41.7 Å². The molecule has 1 atom stereocenters. The highest BCUT2D eigenvalue weighted by Gasteiger charge is 2.25. The van der Waals surface area contributed by atoms with Crippen molar-refractivity contribution in [2.75, 3.05) is 52.3 Å². The maximum Gasteiger partial charge on any atom is 0.410 e. The van der Waals surface area contributed by atoms with Crippen molar-refractivity contribution in [2.45, 2.75) is 38.8 Å². The van der Waals surface area contributed by atoms with Gasteiger partial charge in [0.25, 0.3) is 0 Å². The zero-order valence-corrected chi connectivity index (χ0v) is 21.2. The average Bonchev–Trinajstić information content (AvgIpc) is 3.14. The molecular weight excluding hydrogens is 497 g/mol. The predicted octanol–water partition coefficient (Wildman–Crippen LogP) is 2.92. The van der Waals surface area contributed by atoms with E-state index in [9.17, 15) is 4.79 Å². The molecule has 1 aromatic carbocycles. The van der Waals surface area contributed by atoms with Crippen LogP contribution in [0.1, 0.15) is 27.2 Å². The van der Waals surface area contributed by atoms with E-state index in [-0.39, 0.29) is 36.1 Å². The summed E-state index contributed by atoms with van der Waals surface area (Å²) in [6.45, 7) is 8.51. The summed E-state index contributed by atoms with van der Waals surface area (Å²) >= 11 is 0. The lowest BCUT2D eigenvalue weighted by atomic mass is 10.2. The van der Waals surface area contributed by atoms with E-state index in [1.54, 1.807) is 26.1 Å². The van der Waals surface area contributed by atoms with Crippen LogP contribution >= 0.6 is 24.0 Å². The first kappa shape index (κ1) is 26.1. The Bertz CT molecular complexity index is 708. The molecule has 0 bridgehead atoms. The van der Waals surface area contributed by atoms with Crippen LogP contribution in [0.4, 0.5) is 10.5 Å². The van der Waals surface area contributed by atoms with E-state index in [2.05, 4.69) is 26.6 Å². The Morgan fingerprint density at radius 1 is 1.33 bits per heavy atom. The smallest absolute Gasteiger partial charge is 0.410 e. The van der Waals surface area contributed by atoms with Crippen LogP contribution in [0.3, 0.4) is 0 Å². The number of anilines is 1. The first-order valence-corrected chi connectivity index (χ1v) is 10.0. The Hall–Kier alpha value is -1.91. The first-order chi connectivity index (χ1) is 13.7. The summed E-state index contributed by atoms with van der Waals surface area (Å²) in [6.07, 6.45) is 0.682. The average molecular weight is 533 g/mol. The number of nitrogens with zero attached hydrogens (tertiary/aromatic N) is 3. The lowest BCUT2D eigenvalue weighted by molar-refractivity contribution is 0.0302. The van der Waals surface area contributed by atoms with E-state index in [1.165, 1.54) is 0 Å². The molecule has 0 saturated carbocycles. The largest absolute Gasteiger partial charge is 0.495 e. The molecule has 30 heavy (non-hydrogen) atoms. The number of halogens is 1. The Morgan fingerprint density at radius 3 is 2.67 bits per heavy atom. The fourth-order valence-corrected chi connectivity index (χ4v) is 3.15. The minimum atomic E-state index is -0.494. The maximum atomic E-state index is 12.0. The Kier molecular flexibility index (Phi) is 10.5. The van der Waals surface area contributed by atoms with Gasteiger partial charge in [-0.3, -0.25) is 4.99 Å². The van der Waals surface area contributed by atoms with Crippen LogP contribution in [0.5, 0.6) is 5.75 Å². The van der Waals surface area contributed by atoms with Crippen LogP contribution in [-0.2, 0) is 4.74 Å². The number of benzene rings is 1. The molecule has 1 amide bonds. The molecule has 1 heterocycles. The van der Waals surface area contributed by atoms with Gasteiger partial charge in [-0.25, -0.2) is 4.79 Å². The van der Waals surface area contributed by atoms with E-state index in [0.717, 1.165) is 36.9 Å². The zero-order valence-electron chi connectivity index (χ0n) is 18.9. The second-order valence-corrected chi connectivity index (χ2v) is 8.15. The lowest BCUT2D eigenvalue weighted by Crippen LogP contribution is -2.47. The van der Waals surface area contributed by atoms with E-state index in [0.29, 0.717) is 13.1 Å².